The van der Waals surface area contributed by atoms with Crippen LogP contribution in [0, 0.1) is 0 Å². The summed E-state index contributed by atoms with van der Waals surface area (Å²) in [7, 11) is -5.26. The van der Waals surface area contributed by atoms with Gasteiger partial charge in [0.05, 0.1) is 19.8 Å². The monoisotopic (exact) mass is 625 g/mol. The summed E-state index contributed by atoms with van der Waals surface area (Å²) in [6.45, 7) is -1.66. The Kier molecular flexibility index (Phi) is 11.7. The van der Waals surface area contributed by atoms with Crippen LogP contribution in [0.1, 0.15) is 6.92 Å². The Hall–Kier alpha value is -1.22. The van der Waals surface area contributed by atoms with Crippen molar-refractivity contribution in [1.82, 2.24) is 5.32 Å². The van der Waals surface area contributed by atoms with Gasteiger partial charge in [0.25, 0.3) is 0 Å². The molecule has 0 saturated carbocycles. The first kappa shape index (κ1) is 34.3. The second kappa shape index (κ2) is 14.0. The number of amides is 1. The van der Waals surface area contributed by atoms with Gasteiger partial charge in [0.1, 0.15) is 73.2 Å². The topological polar surface area (TPSA) is 321 Å². The number of aliphatic hydroxyl groups excluding tert-OH is 9. The van der Waals surface area contributed by atoms with Crippen LogP contribution in [0.3, 0.4) is 0 Å². The third-order valence-electron chi connectivity index (χ3n) is 6.70. The smallest absolute Gasteiger partial charge is 0.394 e. The van der Waals surface area contributed by atoms with Crippen LogP contribution >= 0.6 is 0 Å². The van der Waals surface area contributed by atoms with E-state index in [2.05, 4.69) is 9.50 Å². The molecule has 1 unspecified atom stereocenters. The van der Waals surface area contributed by atoms with Crippen LogP contribution in [0.15, 0.2) is 0 Å². The second-order valence-electron chi connectivity index (χ2n) is 9.57. The Morgan fingerprint density at radius 3 is 1.68 bits per heavy atom. The summed E-state index contributed by atoms with van der Waals surface area (Å²) in [5, 5.41) is 93.8. The Morgan fingerprint density at radius 2 is 1.17 bits per heavy atom. The lowest BCUT2D eigenvalue weighted by Gasteiger charge is -2.49. The predicted octanol–water partition coefficient (Wildman–Crippen LogP) is -7.60. The van der Waals surface area contributed by atoms with E-state index in [0.717, 1.165) is 6.92 Å². The molecule has 3 aliphatic heterocycles. The molecule has 41 heavy (non-hydrogen) atoms. The Morgan fingerprint density at radius 1 is 0.707 bits per heavy atom. The molecule has 15 atom stereocenters. The van der Waals surface area contributed by atoms with E-state index in [1.807, 2.05) is 0 Å². The number of ether oxygens (including phenoxy) is 5. The van der Waals surface area contributed by atoms with Crippen molar-refractivity contribution >= 4 is 16.3 Å². The predicted molar refractivity (Wildman–Crippen MR) is 123 cm³/mol. The summed E-state index contributed by atoms with van der Waals surface area (Å²) in [6.07, 6.45) is -25.9. The maximum absolute atomic E-state index is 12.1. The average molecular weight is 626 g/mol. The first-order chi connectivity index (χ1) is 19.1. The van der Waals surface area contributed by atoms with E-state index in [4.69, 9.17) is 28.2 Å². The van der Waals surface area contributed by atoms with Gasteiger partial charge in [0.15, 0.2) is 18.9 Å². The van der Waals surface area contributed by atoms with Gasteiger partial charge in [-0.3, -0.25) is 9.35 Å². The largest absolute Gasteiger partial charge is 0.397 e. The lowest BCUT2D eigenvalue weighted by Crippen LogP contribution is -2.69. The minimum Gasteiger partial charge on any atom is -0.394 e. The standard InChI is InChI=1S/C20H35NO19S/c1-5(25)21-9-15(38-20-14(30)17(40-41(32,33)34)12(28)8(4-24)37-20)10(26)7(3-23)36-19(9)39-16-11(27)6(2-22)35-18(31)13(16)29/h6-20,22-24,26-31H,2-4H2,1H3,(H,21,25)(H,32,33,34)/t6-,7-,8-,9-,10-,11+,12+,13-,14-,15-,16+,17+,18?,19+,20+/m1/s1. The molecule has 0 spiro atoms. The zero-order valence-corrected chi connectivity index (χ0v) is 22.2. The highest BCUT2D eigenvalue weighted by atomic mass is 32.3. The highest BCUT2D eigenvalue weighted by Gasteiger charge is 2.55. The molecule has 0 aromatic carbocycles. The molecule has 0 bridgehead atoms. The van der Waals surface area contributed by atoms with E-state index in [-0.39, 0.29) is 0 Å². The first-order valence-electron chi connectivity index (χ1n) is 12.2. The fraction of sp³-hybridized carbons (Fsp3) is 0.950. The van der Waals surface area contributed by atoms with Crippen LogP contribution in [0.25, 0.3) is 0 Å². The van der Waals surface area contributed by atoms with Crippen molar-refractivity contribution in [2.24, 2.45) is 0 Å². The van der Waals surface area contributed by atoms with Crippen LogP contribution in [0.2, 0.25) is 0 Å². The van der Waals surface area contributed by atoms with E-state index in [1.165, 1.54) is 0 Å². The zero-order chi connectivity index (χ0) is 30.8. The number of rotatable bonds is 10. The molecule has 240 valence electrons. The van der Waals surface area contributed by atoms with Gasteiger partial charge in [0, 0.05) is 6.92 Å². The van der Waals surface area contributed by atoms with Gasteiger partial charge in [-0.05, 0) is 0 Å². The minimum absolute atomic E-state index is 0.779. The maximum atomic E-state index is 12.1. The second-order valence-corrected chi connectivity index (χ2v) is 10.6. The van der Waals surface area contributed by atoms with E-state index in [1.54, 1.807) is 0 Å². The van der Waals surface area contributed by atoms with Crippen molar-refractivity contribution < 1.29 is 91.6 Å². The fourth-order valence-corrected chi connectivity index (χ4v) is 5.20. The summed E-state index contributed by atoms with van der Waals surface area (Å²) >= 11 is 0. The van der Waals surface area contributed by atoms with Crippen LogP contribution in [0.5, 0.6) is 0 Å². The highest BCUT2D eigenvalue weighted by molar-refractivity contribution is 7.80. The molecule has 0 radical (unpaired) electrons. The van der Waals surface area contributed by atoms with Crippen LogP contribution in [-0.4, -0.2) is 177 Å². The molecule has 11 N–H and O–H groups in total. The van der Waals surface area contributed by atoms with Gasteiger partial charge >= 0.3 is 10.4 Å². The Balaban J connectivity index is 1.94. The molecule has 3 saturated heterocycles. The fourth-order valence-electron chi connectivity index (χ4n) is 4.69. The van der Waals surface area contributed by atoms with Gasteiger partial charge in [-0.2, -0.15) is 8.42 Å². The van der Waals surface area contributed by atoms with Gasteiger partial charge in [0.2, 0.25) is 5.91 Å². The molecule has 20 nitrogen and oxygen atoms in total. The quantitative estimate of drug-likeness (QED) is 0.100. The number of carbonyl (C=O) groups excluding carboxylic acids is 1. The van der Waals surface area contributed by atoms with E-state index < -0.39 is 128 Å². The lowest BCUT2D eigenvalue weighted by atomic mass is 9.94. The number of aliphatic hydroxyl groups is 9. The van der Waals surface area contributed by atoms with Gasteiger partial charge in [-0.15, -0.1) is 0 Å². The van der Waals surface area contributed by atoms with E-state index in [9.17, 15) is 59.2 Å². The SMILES string of the molecule is CC(=O)N[C@H]1[C@H](O[C@H]2[C@@H](O)[C@@H](CO)OC(O)[C@@H]2O)O[C@H](CO)[C@@H](O)[C@@H]1O[C@@H]1O[C@H](CO)[C@H](O)[C@H](OS(=O)(=O)O)[C@H]1O. The normalized spacial score (nSPS) is 45.8. The number of hydrogen-bond donors (Lipinski definition) is 11. The van der Waals surface area contributed by atoms with E-state index in [0.29, 0.717) is 0 Å². The van der Waals surface area contributed by atoms with Crippen molar-refractivity contribution in [3.63, 3.8) is 0 Å². The van der Waals surface area contributed by atoms with Gasteiger partial charge in [-0.1, -0.05) is 0 Å². The summed E-state index contributed by atoms with van der Waals surface area (Å²) in [5.41, 5.74) is 0. The number of nitrogens with one attached hydrogen (secondary N) is 1. The first-order valence-corrected chi connectivity index (χ1v) is 13.6. The molecule has 3 heterocycles. The molecule has 3 aliphatic rings. The maximum Gasteiger partial charge on any atom is 0.397 e. The summed E-state index contributed by atoms with van der Waals surface area (Å²) in [5.74, 6) is -0.779. The molecule has 0 aliphatic carbocycles. The minimum atomic E-state index is -5.26. The molecular weight excluding hydrogens is 590 g/mol. The van der Waals surface area contributed by atoms with Crippen molar-refractivity contribution in [1.29, 1.82) is 0 Å². The van der Waals surface area contributed by atoms with Crippen LogP contribution in [-0.2, 0) is 43.1 Å². The molecule has 1 amide bonds. The van der Waals surface area contributed by atoms with Crippen LogP contribution in [0.4, 0.5) is 0 Å². The lowest BCUT2D eigenvalue weighted by molar-refractivity contribution is -0.362. The van der Waals surface area contributed by atoms with Crippen molar-refractivity contribution in [2.45, 2.75) is 99.0 Å². The molecular formula is C20H35NO19S. The highest BCUT2D eigenvalue weighted by Crippen LogP contribution is 2.33. The third-order valence-corrected chi connectivity index (χ3v) is 7.17. The molecule has 3 rings (SSSR count). The van der Waals surface area contributed by atoms with Crippen molar-refractivity contribution in [2.75, 3.05) is 19.8 Å². The van der Waals surface area contributed by atoms with Crippen molar-refractivity contribution in [3.05, 3.63) is 0 Å². The summed E-state index contributed by atoms with van der Waals surface area (Å²) < 4.78 is 62.9. The number of hydrogen-bond acceptors (Lipinski definition) is 18. The van der Waals surface area contributed by atoms with Crippen LogP contribution < -0.4 is 5.32 Å². The Labute approximate surface area is 232 Å². The van der Waals surface area contributed by atoms with E-state index >= 15 is 0 Å². The zero-order valence-electron chi connectivity index (χ0n) is 21.3. The average Bonchev–Trinajstić information content (AvgIpc) is 2.90. The van der Waals surface area contributed by atoms with Crippen molar-refractivity contribution in [3.8, 4) is 0 Å². The molecule has 0 aromatic heterocycles. The van der Waals surface area contributed by atoms with Gasteiger partial charge in [-0.25, -0.2) is 4.18 Å². The van der Waals surface area contributed by atoms with Gasteiger partial charge < -0.3 is 75.0 Å². The number of carbonyl (C=O) groups is 1. The Bertz CT molecular complexity index is 972. The molecule has 3 fully saturated rings. The third kappa shape index (κ3) is 7.84. The molecule has 0 aromatic rings. The summed E-state index contributed by atoms with van der Waals surface area (Å²) in [6, 6.07) is -1.62. The molecule has 21 heteroatoms. The summed E-state index contributed by atoms with van der Waals surface area (Å²) in [4.78, 5) is 12.1.